The van der Waals surface area contributed by atoms with Crippen LogP contribution in [0.1, 0.15) is 35.1 Å². The third kappa shape index (κ3) is 3.05. The van der Waals surface area contributed by atoms with Crippen molar-refractivity contribution in [3.63, 3.8) is 0 Å². The van der Waals surface area contributed by atoms with Crippen molar-refractivity contribution in [3.8, 4) is 5.75 Å². The van der Waals surface area contributed by atoms with Gasteiger partial charge >= 0.3 is 0 Å². The molecule has 2 N–H and O–H groups in total. The van der Waals surface area contributed by atoms with Crippen molar-refractivity contribution in [2.24, 2.45) is 0 Å². The molecule has 4 nitrogen and oxygen atoms in total. The number of hydrogen-bond acceptors (Lipinski definition) is 4. The van der Waals surface area contributed by atoms with E-state index in [4.69, 9.17) is 16.3 Å². The molecule has 5 rings (SSSR count). The molecule has 3 aliphatic heterocycles. The first-order chi connectivity index (χ1) is 13.1. The number of fused-ring (bicyclic) bond motifs is 3. The molecular formula is C22H25ClN2O2. The standard InChI is InChI=1S/C22H25ClN2O2/c23-20-5-6-21(26)18-12-24-16(11-17(18)20)13-25-9-7-22(8-10-25)19-4-2-1-3-15(19)14-27-22/h1-6,16,24,26H,7-14H2. The van der Waals surface area contributed by atoms with Crippen molar-refractivity contribution >= 4 is 11.6 Å². The van der Waals surface area contributed by atoms with Crippen LogP contribution in [-0.2, 0) is 29.9 Å². The van der Waals surface area contributed by atoms with Crippen molar-refractivity contribution in [1.29, 1.82) is 0 Å². The molecule has 0 radical (unpaired) electrons. The van der Waals surface area contributed by atoms with Gasteiger partial charge in [0.1, 0.15) is 5.75 Å². The SMILES string of the molecule is Oc1ccc(Cl)c2c1CNC(CN1CCC3(CC1)OCc1ccccc13)C2. The van der Waals surface area contributed by atoms with Crippen molar-refractivity contribution in [2.45, 2.75) is 44.1 Å². The number of phenolic OH excluding ortho intramolecular Hbond substituents is 1. The molecule has 27 heavy (non-hydrogen) atoms. The van der Waals surface area contributed by atoms with Crippen LogP contribution in [0, 0.1) is 0 Å². The zero-order valence-electron chi connectivity index (χ0n) is 15.4. The smallest absolute Gasteiger partial charge is 0.120 e. The maximum atomic E-state index is 10.1. The summed E-state index contributed by atoms with van der Waals surface area (Å²) in [6.07, 6.45) is 2.97. The number of nitrogens with one attached hydrogen (secondary N) is 1. The molecule has 142 valence electrons. The van der Waals surface area contributed by atoms with Crippen LogP contribution in [0.3, 0.4) is 0 Å². The summed E-state index contributed by atoms with van der Waals surface area (Å²) in [6.45, 7) is 4.53. The third-order valence-corrected chi connectivity index (χ3v) is 6.88. The highest BCUT2D eigenvalue weighted by Crippen LogP contribution is 2.44. The molecule has 1 fully saturated rings. The zero-order valence-corrected chi connectivity index (χ0v) is 16.1. The second-order valence-corrected chi connectivity index (χ2v) is 8.45. The van der Waals surface area contributed by atoms with Gasteiger partial charge in [-0.3, -0.25) is 0 Å². The van der Waals surface area contributed by atoms with Gasteiger partial charge in [-0.05, 0) is 48.1 Å². The fourth-order valence-corrected chi connectivity index (χ4v) is 5.22. The Morgan fingerprint density at radius 3 is 2.81 bits per heavy atom. The van der Waals surface area contributed by atoms with Gasteiger partial charge in [-0.1, -0.05) is 35.9 Å². The van der Waals surface area contributed by atoms with E-state index in [1.807, 2.05) is 0 Å². The highest BCUT2D eigenvalue weighted by Gasteiger charge is 2.42. The Kier molecular flexibility index (Phi) is 4.40. The fourth-order valence-electron chi connectivity index (χ4n) is 4.97. The Labute approximate surface area is 165 Å². The van der Waals surface area contributed by atoms with Crippen LogP contribution in [0.2, 0.25) is 5.02 Å². The number of halogens is 1. The largest absolute Gasteiger partial charge is 0.508 e. The van der Waals surface area contributed by atoms with E-state index in [2.05, 4.69) is 34.5 Å². The van der Waals surface area contributed by atoms with Gasteiger partial charge in [-0.25, -0.2) is 0 Å². The van der Waals surface area contributed by atoms with E-state index in [1.165, 1.54) is 11.1 Å². The summed E-state index contributed by atoms with van der Waals surface area (Å²) in [5.41, 5.74) is 4.73. The van der Waals surface area contributed by atoms with Crippen molar-refractivity contribution < 1.29 is 9.84 Å². The minimum absolute atomic E-state index is 0.0746. The Balaban J connectivity index is 1.24. The molecule has 0 aromatic heterocycles. The predicted molar refractivity (Wildman–Crippen MR) is 106 cm³/mol. The van der Waals surface area contributed by atoms with Crippen LogP contribution in [0.15, 0.2) is 36.4 Å². The Bertz CT molecular complexity index is 861. The quantitative estimate of drug-likeness (QED) is 0.830. The molecule has 1 spiro atoms. The first-order valence-electron chi connectivity index (χ1n) is 9.82. The lowest BCUT2D eigenvalue weighted by Gasteiger charge is -2.41. The van der Waals surface area contributed by atoms with Crippen molar-refractivity contribution in [1.82, 2.24) is 10.2 Å². The second kappa shape index (κ2) is 6.78. The lowest BCUT2D eigenvalue weighted by Crippen LogP contribution is -2.49. The van der Waals surface area contributed by atoms with Gasteiger partial charge in [0.05, 0.1) is 12.2 Å². The predicted octanol–water partition coefficient (Wildman–Crippen LogP) is 3.58. The summed E-state index contributed by atoms with van der Waals surface area (Å²) < 4.78 is 6.28. The normalized spacial score (nSPS) is 24.0. The van der Waals surface area contributed by atoms with Crippen LogP contribution in [0.25, 0.3) is 0 Å². The van der Waals surface area contributed by atoms with E-state index in [1.54, 1.807) is 12.1 Å². The highest BCUT2D eigenvalue weighted by atomic mass is 35.5. The number of phenols is 1. The first kappa shape index (κ1) is 17.5. The van der Waals surface area contributed by atoms with Crippen molar-refractivity contribution in [3.05, 3.63) is 63.7 Å². The number of piperidine rings is 1. The van der Waals surface area contributed by atoms with Gasteiger partial charge in [-0.15, -0.1) is 0 Å². The number of hydrogen-bond donors (Lipinski definition) is 2. The molecule has 2 aromatic rings. The Morgan fingerprint density at radius 2 is 1.96 bits per heavy atom. The number of nitrogens with zero attached hydrogens (tertiary/aromatic N) is 1. The summed E-state index contributed by atoms with van der Waals surface area (Å²) >= 11 is 6.38. The highest BCUT2D eigenvalue weighted by molar-refractivity contribution is 6.31. The number of benzene rings is 2. The summed E-state index contributed by atoms with van der Waals surface area (Å²) in [4.78, 5) is 2.54. The Hall–Kier alpha value is -1.59. The molecular weight excluding hydrogens is 360 g/mol. The monoisotopic (exact) mass is 384 g/mol. The van der Waals surface area contributed by atoms with Gasteiger partial charge in [-0.2, -0.15) is 0 Å². The van der Waals surface area contributed by atoms with Gasteiger partial charge < -0.3 is 20.1 Å². The number of likely N-dealkylation sites (tertiary alicyclic amines) is 1. The molecule has 5 heteroatoms. The lowest BCUT2D eigenvalue weighted by molar-refractivity contribution is -0.0796. The molecule has 2 aromatic carbocycles. The molecule has 3 heterocycles. The minimum Gasteiger partial charge on any atom is -0.508 e. The number of rotatable bonds is 2. The van der Waals surface area contributed by atoms with E-state index in [9.17, 15) is 5.11 Å². The lowest BCUT2D eigenvalue weighted by atomic mass is 9.83. The number of ether oxygens (including phenoxy) is 1. The van der Waals surface area contributed by atoms with Crippen LogP contribution in [-0.4, -0.2) is 35.7 Å². The molecule has 0 aliphatic carbocycles. The molecule has 0 saturated carbocycles. The summed E-state index contributed by atoms with van der Waals surface area (Å²) in [5, 5.41) is 14.4. The molecule has 0 bridgehead atoms. The summed E-state index contributed by atoms with van der Waals surface area (Å²) in [5.74, 6) is 0.345. The minimum atomic E-state index is -0.0746. The molecule has 3 aliphatic rings. The second-order valence-electron chi connectivity index (χ2n) is 8.05. The van der Waals surface area contributed by atoms with Crippen LogP contribution >= 0.6 is 11.6 Å². The first-order valence-corrected chi connectivity index (χ1v) is 10.2. The van der Waals surface area contributed by atoms with Gasteiger partial charge in [0.15, 0.2) is 0 Å². The average molecular weight is 385 g/mol. The maximum Gasteiger partial charge on any atom is 0.120 e. The molecule has 1 saturated heterocycles. The van der Waals surface area contributed by atoms with Crippen LogP contribution in [0.4, 0.5) is 0 Å². The van der Waals surface area contributed by atoms with Crippen LogP contribution in [0.5, 0.6) is 5.75 Å². The molecule has 1 atom stereocenters. The maximum absolute atomic E-state index is 10.1. The van der Waals surface area contributed by atoms with Crippen LogP contribution < -0.4 is 5.32 Å². The average Bonchev–Trinajstić information content (AvgIpc) is 3.06. The molecule has 1 unspecified atom stereocenters. The van der Waals surface area contributed by atoms with E-state index in [0.717, 1.165) is 61.7 Å². The summed E-state index contributed by atoms with van der Waals surface area (Å²) in [7, 11) is 0. The van der Waals surface area contributed by atoms with E-state index in [-0.39, 0.29) is 5.60 Å². The Morgan fingerprint density at radius 1 is 1.15 bits per heavy atom. The van der Waals surface area contributed by atoms with E-state index in [0.29, 0.717) is 18.3 Å². The van der Waals surface area contributed by atoms with Gasteiger partial charge in [0.2, 0.25) is 0 Å². The van der Waals surface area contributed by atoms with E-state index < -0.39 is 0 Å². The molecule has 0 amide bonds. The van der Waals surface area contributed by atoms with Crippen molar-refractivity contribution in [2.75, 3.05) is 19.6 Å². The van der Waals surface area contributed by atoms with Gasteiger partial charge in [0.25, 0.3) is 0 Å². The third-order valence-electron chi connectivity index (χ3n) is 6.52. The number of aromatic hydroxyl groups is 1. The topological polar surface area (TPSA) is 44.7 Å². The van der Waals surface area contributed by atoms with E-state index >= 15 is 0 Å². The zero-order chi connectivity index (χ0) is 18.4. The summed E-state index contributed by atoms with van der Waals surface area (Å²) in [6, 6.07) is 12.5. The fraction of sp³-hybridized carbons (Fsp3) is 0.455. The van der Waals surface area contributed by atoms with Gasteiger partial charge in [0, 0.05) is 42.8 Å².